The molecular formula is C11H19NO2. The van der Waals surface area contributed by atoms with Crippen molar-refractivity contribution in [2.75, 3.05) is 13.1 Å². The van der Waals surface area contributed by atoms with Gasteiger partial charge in [0.05, 0.1) is 0 Å². The predicted octanol–water partition coefficient (Wildman–Crippen LogP) is 1.91. The third kappa shape index (κ3) is 3.75. The summed E-state index contributed by atoms with van der Waals surface area (Å²) in [6.07, 6.45) is 3.49. The second kappa shape index (κ2) is 6.38. The van der Waals surface area contributed by atoms with E-state index in [4.69, 9.17) is 5.11 Å². The second-order valence-corrected chi connectivity index (χ2v) is 3.10. The highest BCUT2D eigenvalue weighted by Crippen LogP contribution is 2.05. The van der Waals surface area contributed by atoms with E-state index in [1.165, 1.54) is 0 Å². The highest BCUT2D eigenvalue weighted by atomic mass is 16.4. The average molecular weight is 197 g/mol. The summed E-state index contributed by atoms with van der Waals surface area (Å²) in [5.74, 6) is -0.871. The Morgan fingerprint density at radius 2 is 2.00 bits per heavy atom. The van der Waals surface area contributed by atoms with Crippen LogP contribution in [0.15, 0.2) is 24.3 Å². The van der Waals surface area contributed by atoms with Gasteiger partial charge in [-0.05, 0) is 20.0 Å². The van der Waals surface area contributed by atoms with Gasteiger partial charge in [0.25, 0.3) is 0 Å². The Hall–Kier alpha value is -1.09. The zero-order chi connectivity index (χ0) is 11.1. The van der Waals surface area contributed by atoms with Gasteiger partial charge in [-0.15, -0.1) is 6.58 Å². The fraction of sp³-hybridized carbons (Fsp3) is 0.545. The van der Waals surface area contributed by atoms with Crippen LogP contribution in [0.4, 0.5) is 0 Å². The van der Waals surface area contributed by atoms with Gasteiger partial charge in [0.15, 0.2) is 0 Å². The standard InChI is InChI=1S/C11H19NO2/c1-5-10(12(6-2)7-3)8-9(4)11(13)14/h5,8,10H,1,6-7H2,2-4H3,(H,13,14). The van der Waals surface area contributed by atoms with Crippen LogP contribution in [0.5, 0.6) is 0 Å². The van der Waals surface area contributed by atoms with E-state index in [2.05, 4.69) is 11.5 Å². The van der Waals surface area contributed by atoms with E-state index in [9.17, 15) is 4.79 Å². The van der Waals surface area contributed by atoms with E-state index in [-0.39, 0.29) is 6.04 Å². The van der Waals surface area contributed by atoms with Crippen LogP contribution in [0, 0.1) is 0 Å². The van der Waals surface area contributed by atoms with Crippen molar-refractivity contribution in [1.82, 2.24) is 4.90 Å². The average Bonchev–Trinajstić information content (AvgIpc) is 2.17. The molecule has 0 saturated carbocycles. The lowest BCUT2D eigenvalue weighted by atomic mass is 10.1. The number of hydrogen-bond donors (Lipinski definition) is 1. The Labute approximate surface area is 85.7 Å². The second-order valence-electron chi connectivity index (χ2n) is 3.10. The molecule has 3 nitrogen and oxygen atoms in total. The van der Waals surface area contributed by atoms with E-state index >= 15 is 0 Å². The smallest absolute Gasteiger partial charge is 0.331 e. The lowest BCUT2D eigenvalue weighted by molar-refractivity contribution is -0.132. The van der Waals surface area contributed by atoms with Crippen LogP contribution in [0.3, 0.4) is 0 Å². The minimum atomic E-state index is -0.871. The third-order valence-corrected chi connectivity index (χ3v) is 2.23. The lowest BCUT2D eigenvalue weighted by Gasteiger charge is -2.24. The predicted molar refractivity (Wildman–Crippen MR) is 58.3 cm³/mol. The summed E-state index contributed by atoms with van der Waals surface area (Å²) < 4.78 is 0. The summed E-state index contributed by atoms with van der Waals surface area (Å²) in [4.78, 5) is 12.8. The van der Waals surface area contributed by atoms with Crippen LogP contribution in [-0.4, -0.2) is 35.1 Å². The van der Waals surface area contributed by atoms with Gasteiger partial charge < -0.3 is 5.11 Å². The van der Waals surface area contributed by atoms with Crippen molar-refractivity contribution in [2.45, 2.75) is 26.8 Å². The molecule has 0 rings (SSSR count). The Balaban J connectivity index is 4.64. The SMILES string of the molecule is C=CC(C=C(C)C(=O)O)N(CC)CC. The third-order valence-electron chi connectivity index (χ3n) is 2.23. The van der Waals surface area contributed by atoms with Crippen LogP contribution in [0.1, 0.15) is 20.8 Å². The highest BCUT2D eigenvalue weighted by Gasteiger charge is 2.10. The fourth-order valence-electron chi connectivity index (χ4n) is 1.30. The highest BCUT2D eigenvalue weighted by molar-refractivity contribution is 5.85. The molecule has 0 aromatic heterocycles. The van der Waals surface area contributed by atoms with Crippen LogP contribution in [-0.2, 0) is 4.79 Å². The van der Waals surface area contributed by atoms with Crippen molar-refractivity contribution >= 4 is 5.97 Å². The van der Waals surface area contributed by atoms with E-state index in [0.717, 1.165) is 13.1 Å². The molecule has 0 fully saturated rings. The molecule has 0 aliphatic carbocycles. The molecule has 14 heavy (non-hydrogen) atoms. The summed E-state index contributed by atoms with van der Waals surface area (Å²) in [5, 5.41) is 8.73. The molecule has 0 aromatic carbocycles. The Morgan fingerprint density at radius 3 is 2.29 bits per heavy atom. The molecule has 0 aliphatic heterocycles. The van der Waals surface area contributed by atoms with Gasteiger partial charge in [-0.25, -0.2) is 4.79 Å². The maximum Gasteiger partial charge on any atom is 0.331 e. The Kier molecular flexibility index (Phi) is 5.88. The molecule has 3 heteroatoms. The number of carbonyl (C=O) groups is 1. The number of aliphatic carboxylic acids is 1. The van der Waals surface area contributed by atoms with Crippen molar-refractivity contribution in [3.05, 3.63) is 24.3 Å². The summed E-state index contributed by atoms with van der Waals surface area (Å²) in [6.45, 7) is 11.2. The first-order valence-electron chi connectivity index (χ1n) is 4.85. The summed E-state index contributed by atoms with van der Waals surface area (Å²) in [7, 11) is 0. The zero-order valence-electron chi connectivity index (χ0n) is 9.16. The first kappa shape index (κ1) is 12.9. The number of hydrogen-bond acceptors (Lipinski definition) is 2. The number of nitrogens with zero attached hydrogens (tertiary/aromatic N) is 1. The molecule has 1 atom stereocenters. The Morgan fingerprint density at radius 1 is 1.50 bits per heavy atom. The van der Waals surface area contributed by atoms with E-state index in [1.807, 2.05) is 13.8 Å². The number of likely N-dealkylation sites (N-methyl/N-ethyl adjacent to an activating group) is 1. The molecule has 0 bridgehead atoms. The monoisotopic (exact) mass is 197 g/mol. The molecule has 1 N–H and O–H groups in total. The molecule has 0 aliphatic rings. The van der Waals surface area contributed by atoms with Gasteiger partial charge in [0, 0.05) is 11.6 Å². The van der Waals surface area contributed by atoms with Gasteiger partial charge >= 0.3 is 5.97 Å². The molecule has 0 spiro atoms. The van der Waals surface area contributed by atoms with Crippen LogP contribution >= 0.6 is 0 Å². The first-order chi connectivity index (χ1) is 6.56. The molecule has 1 unspecified atom stereocenters. The molecule has 80 valence electrons. The summed E-state index contributed by atoms with van der Waals surface area (Å²) in [6, 6.07) is 0.0149. The first-order valence-corrected chi connectivity index (χ1v) is 4.85. The normalized spacial score (nSPS) is 14.1. The van der Waals surface area contributed by atoms with Crippen molar-refractivity contribution in [2.24, 2.45) is 0 Å². The van der Waals surface area contributed by atoms with E-state index in [0.29, 0.717) is 5.57 Å². The zero-order valence-corrected chi connectivity index (χ0v) is 9.16. The van der Waals surface area contributed by atoms with E-state index in [1.54, 1.807) is 19.1 Å². The quantitative estimate of drug-likeness (QED) is 0.522. The maximum atomic E-state index is 10.6. The van der Waals surface area contributed by atoms with Crippen LogP contribution < -0.4 is 0 Å². The van der Waals surface area contributed by atoms with Crippen LogP contribution in [0.25, 0.3) is 0 Å². The lowest BCUT2D eigenvalue weighted by Crippen LogP contribution is -2.32. The fourth-order valence-corrected chi connectivity index (χ4v) is 1.30. The van der Waals surface area contributed by atoms with Crippen molar-refractivity contribution < 1.29 is 9.90 Å². The van der Waals surface area contributed by atoms with Crippen molar-refractivity contribution in [1.29, 1.82) is 0 Å². The molecule has 0 saturated heterocycles. The van der Waals surface area contributed by atoms with Gasteiger partial charge in [0.1, 0.15) is 0 Å². The number of carboxylic acids is 1. The molecule has 0 aromatic rings. The van der Waals surface area contributed by atoms with Gasteiger partial charge in [-0.2, -0.15) is 0 Å². The topological polar surface area (TPSA) is 40.5 Å². The number of rotatable bonds is 6. The van der Waals surface area contributed by atoms with Crippen molar-refractivity contribution in [3.8, 4) is 0 Å². The van der Waals surface area contributed by atoms with Crippen molar-refractivity contribution in [3.63, 3.8) is 0 Å². The van der Waals surface area contributed by atoms with Gasteiger partial charge in [0.2, 0.25) is 0 Å². The minimum absolute atomic E-state index is 0.0149. The van der Waals surface area contributed by atoms with E-state index < -0.39 is 5.97 Å². The molecular weight excluding hydrogens is 178 g/mol. The minimum Gasteiger partial charge on any atom is -0.478 e. The largest absolute Gasteiger partial charge is 0.478 e. The van der Waals surface area contributed by atoms with Gasteiger partial charge in [-0.3, -0.25) is 4.90 Å². The van der Waals surface area contributed by atoms with Crippen LogP contribution in [0.2, 0.25) is 0 Å². The summed E-state index contributed by atoms with van der Waals surface area (Å²) >= 11 is 0. The Bertz CT molecular complexity index is 229. The maximum absolute atomic E-state index is 10.6. The number of carboxylic acid groups (broad SMARTS) is 1. The molecule has 0 amide bonds. The molecule has 0 radical (unpaired) electrons. The van der Waals surface area contributed by atoms with Gasteiger partial charge in [-0.1, -0.05) is 26.0 Å². The molecule has 0 heterocycles. The summed E-state index contributed by atoms with van der Waals surface area (Å²) in [5.41, 5.74) is 0.363.